The predicted octanol–water partition coefficient (Wildman–Crippen LogP) is 6.35. The van der Waals surface area contributed by atoms with Crippen LogP contribution in [-0.4, -0.2) is 41.0 Å². The standard InChI is InChI=1S/C28H23F3IN9O/c1-16-13-40(15-36-16)21-9-17(8-18(10-21)28(29,30)31)26(42)38-20-4-5-22(32)23(11-20)39-27-33-6-7-41(27)25-12-24(34-14-35-25)37-19-2-3-19/h4-15,19H,2-3H2,1H3,(H,33,39)(H,38,42)(H,34,35,37). The van der Waals surface area contributed by atoms with Gasteiger partial charge in [0.05, 0.1) is 23.3 Å². The Labute approximate surface area is 251 Å². The van der Waals surface area contributed by atoms with Gasteiger partial charge in [0.15, 0.2) is 0 Å². The normalized spacial score (nSPS) is 13.2. The van der Waals surface area contributed by atoms with Gasteiger partial charge in [-0.15, -0.1) is 0 Å². The zero-order valence-electron chi connectivity index (χ0n) is 22.0. The van der Waals surface area contributed by atoms with Crippen molar-refractivity contribution in [3.8, 4) is 11.5 Å². The van der Waals surface area contributed by atoms with Gasteiger partial charge in [0.25, 0.3) is 5.91 Å². The average Bonchev–Trinajstić information content (AvgIpc) is 3.46. The number of amides is 1. The molecule has 3 N–H and O–H groups in total. The first-order chi connectivity index (χ1) is 20.1. The molecule has 0 unspecified atom stereocenters. The first kappa shape index (κ1) is 27.7. The van der Waals surface area contributed by atoms with Crippen LogP contribution in [0.3, 0.4) is 0 Å². The highest BCUT2D eigenvalue weighted by molar-refractivity contribution is 14.1. The van der Waals surface area contributed by atoms with Gasteiger partial charge in [-0.2, -0.15) is 13.2 Å². The number of hydrogen-bond acceptors (Lipinski definition) is 7. The minimum absolute atomic E-state index is 0.144. The Hall–Kier alpha value is -4.47. The molecule has 1 saturated carbocycles. The van der Waals surface area contributed by atoms with Gasteiger partial charge >= 0.3 is 6.18 Å². The quantitative estimate of drug-likeness (QED) is 0.163. The zero-order valence-corrected chi connectivity index (χ0v) is 24.2. The molecule has 0 atom stereocenters. The Morgan fingerprint density at radius 3 is 2.62 bits per heavy atom. The second kappa shape index (κ2) is 11.1. The lowest BCUT2D eigenvalue weighted by atomic mass is 10.1. The summed E-state index contributed by atoms with van der Waals surface area (Å²) in [5, 5.41) is 9.32. The molecule has 2 aromatic carbocycles. The number of carbonyl (C=O) groups is 1. The lowest BCUT2D eigenvalue weighted by molar-refractivity contribution is -0.137. The van der Waals surface area contributed by atoms with Crippen molar-refractivity contribution in [3.05, 3.63) is 94.1 Å². The van der Waals surface area contributed by atoms with Crippen molar-refractivity contribution >= 4 is 51.6 Å². The van der Waals surface area contributed by atoms with E-state index in [2.05, 4.69) is 58.5 Å². The smallest absolute Gasteiger partial charge is 0.367 e. The topological polar surface area (TPSA) is 115 Å². The van der Waals surface area contributed by atoms with E-state index in [9.17, 15) is 18.0 Å². The van der Waals surface area contributed by atoms with E-state index >= 15 is 0 Å². The molecule has 1 aliphatic rings. The number of aromatic nitrogens is 6. The highest BCUT2D eigenvalue weighted by Crippen LogP contribution is 2.33. The summed E-state index contributed by atoms with van der Waals surface area (Å²) >= 11 is 2.14. The van der Waals surface area contributed by atoms with Crippen LogP contribution in [0.25, 0.3) is 11.5 Å². The summed E-state index contributed by atoms with van der Waals surface area (Å²) in [5.41, 5.74) is 0.740. The fourth-order valence-electron chi connectivity index (χ4n) is 4.22. The lowest BCUT2D eigenvalue weighted by Gasteiger charge is -2.15. The zero-order chi connectivity index (χ0) is 29.4. The molecule has 1 amide bonds. The van der Waals surface area contributed by atoms with Gasteiger partial charge in [0.1, 0.15) is 18.0 Å². The number of anilines is 4. The van der Waals surface area contributed by atoms with Crippen molar-refractivity contribution in [3.63, 3.8) is 0 Å². The van der Waals surface area contributed by atoms with E-state index in [0.29, 0.717) is 34.9 Å². The van der Waals surface area contributed by atoms with E-state index in [1.165, 1.54) is 23.3 Å². The third-order valence-corrected chi connectivity index (χ3v) is 7.40. The summed E-state index contributed by atoms with van der Waals surface area (Å²) in [7, 11) is 0. The van der Waals surface area contributed by atoms with Crippen molar-refractivity contribution in [2.45, 2.75) is 32.0 Å². The number of rotatable bonds is 8. The van der Waals surface area contributed by atoms with Crippen LogP contribution in [0.15, 0.2) is 73.7 Å². The van der Waals surface area contributed by atoms with Gasteiger partial charge in [-0.3, -0.25) is 9.36 Å². The Morgan fingerprint density at radius 1 is 1.05 bits per heavy atom. The minimum atomic E-state index is -4.64. The fourth-order valence-corrected chi connectivity index (χ4v) is 4.69. The van der Waals surface area contributed by atoms with Gasteiger partial charge in [-0.05, 0) is 78.8 Å². The van der Waals surface area contributed by atoms with Crippen molar-refractivity contribution < 1.29 is 18.0 Å². The van der Waals surface area contributed by atoms with Gasteiger partial charge < -0.3 is 20.5 Å². The van der Waals surface area contributed by atoms with Crippen LogP contribution in [-0.2, 0) is 6.18 Å². The summed E-state index contributed by atoms with van der Waals surface area (Å²) in [5.74, 6) is 1.12. The molecule has 3 heterocycles. The van der Waals surface area contributed by atoms with E-state index in [-0.39, 0.29) is 11.3 Å². The molecule has 214 valence electrons. The first-order valence-electron chi connectivity index (χ1n) is 12.9. The number of carbonyl (C=O) groups excluding carboxylic acids is 1. The van der Waals surface area contributed by atoms with Crippen LogP contribution < -0.4 is 16.0 Å². The molecule has 0 spiro atoms. The average molecular weight is 685 g/mol. The molecule has 0 saturated heterocycles. The molecule has 10 nitrogen and oxygen atoms in total. The van der Waals surface area contributed by atoms with Crippen LogP contribution in [0.4, 0.5) is 36.3 Å². The molecule has 0 bridgehead atoms. The summed E-state index contributed by atoms with van der Waals surface area (Å²) < 4.78 is 45.1. The Balaban J connectivity index is 1.24. The Kier molecular flexibility index (Phi) is 7.30. The number of nitrogens with one attached hydrogen (secondary N) is 3. The van der Waals surface area contributed by atoms with Crippen LogP contribution >= 0.6 is 22.6 Å². The van der Waals surface area contributed by atoms with Gasteiger partial charge in [-0.25, -0.2) is 19.9 Å². The van der Waals surface area contributed by atoms with Gasteiger partial charge in [-0.1, -0.05) is 0 Å². The SMILES string of the molecule is Cc1cn(-c2cc(C(=O)Nc3ccc(I)c(Nc4nccn4-c4cc(NC5CC5)ncn4)c3)cc(C(F)(F)F)c2)cn1. The molecule has 5 aromatic rings. The number of aryl methyl sites for hydroxylation is 1. The van der Waals surface area contributed by atoms with E-state index in [1.807, 2.05) is 6.07 Å². The number of imidazole rings is 2. The monoisotopic (exact) mass is 685 g/mol. The first-order valence-corrected chi connectivity index (χ1v) is 13.9. The number of alkyl halides is 3. The maximum atomic E-state index is 13.7. The number of nitrogens with zero attached hydrogens (tertiary/aromatic N) is 6. The third kappa shape index (κ3) is 6.22. The Morgan fingerprint density at radius 2 is 1.88 bits per heavy atom. The summed E-state index contributed by atoms with van der Waals surface area (Å²) in [6.45, 7) is 1.73. The predicted molar refractivity (Wildman–Crippen MR) is 159 cm³/mol. The minimum Gasteiger partial charge on any atom is -0.367 e. The van der Waals surface area contributed by atoms with Gasteiger partial charge in [0.2, 0.25) is 5.95 Å². The maximum absolute atomic E-state index is 13.7. The largest absolute Gasteiger partial charge is 0.416 e. The molecule has 1 fully saturated rings. The molecular weight excluding hydrogens is 662 g/mol. The number of benzene rings is 2. The van der Waals surface area contributed by atoms with Crippen LogP contribution in [0, 0.1) is 10.5 Å². The second-order valence-electron chi connectivity index (χ2n) is 9.76. The summed E-state index contributed by atoms with van der Waals surface area (Å²) in [4.78, 5) is 30.3. The highest BCUT2D eigenvalue weighted by Gasteiger charge is 2.32. The van der Waals surface area contributed by atoms with E-state index in [4.69, 9.17) is 0 Å². The molecular formula is C28H23F3IN9O. The van der Waals surface area contributed by atoms with Crippen molar-refractivity contribution in [2.24, 2.45) is 0 Å². The molecule has 14 heteroatoms. The van der Waals surface area contributed by atoms with Crippen molar-refractivity contribution in [1.82, 2.24) is 29.1 Å². The van der Waals surface area contributed by atoms with E-state index in [0.717, 1.165) is 34.4 Å². The summed E-state index contributed by atoms with van der Waals surface area (Å²) in [6, 6.07) is 10.6. The molecule has 42 heavy (non-hydrogen) atoms. The lowest BCUT2D eigenvalue weighted by Crippen LogP contribution is -2.15. The molecule has 0 radical (unpaired) electrons. The second-order valence-corrected chi connectivity index (χ2v) is 10.9. The third-order valence-electron chi connectivity index (χ3n) is 6.46. The molecule has 6 rings (SSSR count). The van der Waals surface area contributed by atoms with Crippen molar-refractivity contribution in [2.75, 3.05) is 16.0 Å². The number of hydrogen-bond donors (Lipinski definition) is 3. The van der Waals surface area contributed by atoms with E-state index in [1.54, 1.807) is 48.3 Å². The van der Waals surface area contributed by atoms with Crippen LogP contribution in [0.1, 0.15) is 34.5 Å². The van der Waals surface area contributed by atoms with Gasteiger partial charge in [0, 0.05) is 51.2 Å². The molecule has 1 aliphatic carbocycles. The van der Waals surface area contributed by atoms with Crippen LogP contribution in [0.5, 0.6) is 0 Å². The highest BCUT2D eigenvalue weighted by atomic mass is 127. The maximum Gasteiger partial charge on any atom is 0.416 e. The number of halogens is 4. The molecule has 3 aromatic heterocycles. The Bertz CT molecular complexity index is 1780. The summed E-state index contributed by atoms with van der Waals surface area (Å²) in [6.07, 6.45) is 5.45. The molecule has 0 aliphatic heterocycles. The van der Waals surface area contributed by atoms with E-state index < -0.39 is 17.6 Å². The van der Waals surface area contributed by atoms with Crippen LogP contribution in [0.2, 0.25) is 0 Å². The van der Waals surface area contributed by atoms with Crippen molar-refractivity contribution in [1.29, 1.82) is 0 Å². The fraction of sp³-hybridized carbons (Fsp3) is 0.179.